The normalized spacial score (nSPS) is 14.7. The maximum absolute atomic E-state index is 12.1. The summed E-state index contributed by atoms with van der Waals surface area (Å²) in [6, 6.07) is 6.66. The van der Waals surface area contributed by atoms with Crippen LogP contribution in [-0.2, 0) is 11.3 Å². The molecule has 1 heterocycles. The van der Waals surface area contributed by atoms with Gasteiger partial charge in [-0.05, 0) is 37.1 Å². The zero-order valence-electron chi connectivity index (χ0n) is 14.6. The molecular weight excluding hydrogens is 338 g/mol. The molecule has 0 atom stereocenters. The van der Waals surface area contributed by atoms with Crippen molar-refractivity contribution in [3.05, 3.63) is 41.5 Å². The van der Waals surface area contributed by atoms with E-state index in [9.17, 15) is 9.59 Å². The number of hydrogen-bond donors (Lipinski definition) is 1. The van der Waals surface area contributed by atoms with Crippen molar-refractivity contribution in [3.63, 3.8) is 0 Å². The van der Waals surface area contributed by atoms with E-state index in [1.807, 2.05) is 0 Å². The monoisotopic (exact) mass is 359 g/mol. The number of nitrogens with zero attached hydrogens (tertiary/aromatic N) is 2. The van der Waals surface area contributed by atoms with Gasteiger partial charge in [-0.1, -0.05) is 24.4 Å². The van der Waals surface area contributed by atoms with Crippen molar-refractivity contribution in [2.24, 2.45) is 0 Å². The molecule has 0 spiro atoms. The van der Waals surface area contributed by atoms with E-state index in [1.165, 1.54) is 13.5 Å². The van der Waals surface area contributed by atoms with Crippen LogP contribution in [0.4, 0.5) is 0 Å². The van der Waals surface area contributed by atoms with Crippen LogP contribution in [0, 0.1) is 0 Å². The molecule has 8 heteroatoms. The number of carbonyl (C=O) groups excluding carboxylic acids is 2. The van der Waals surface area contributed by atoms with Crippen molar-refractivity contribution in [2.45, 2.75) is 44.8 Å². The fourth-order valence-corrected chi connectivity index (χ4v) is 2.85. The van der Waals surface area contributed by atoms with E-state index in [0.717, 1.165) is 25.7 Å². The number of esters is 1. The van der Waals surface area contributed by atoms with Crippen LogP contribution < -0.4 is 10.1 Å². The lowest BCUT2D eigenvalue weighted by atomic mass is 9.95. The first-order chi connectivity index (χ1) is 12.7. The number of methoxy groups -OCH3 is 1. The summed E-state index contributed by atoms with van der Waals surface area (Å²) in [6.45, 7) is 0.0534. The molecule has 0 unspecified atom stereocenters. The van der Waals surface area contributed by atoms with Gasteiger partial charge >= 0.3 is 17.8 Å². The maximum atomic E-state index is 12.1. The molecule has 1 aliphatic carbocycles. The third kappa shape index (κ3) is 4.59. The molecule has 0 bridgehead atoms. The minimum absolute atomic E-state index is 0.0534. The van der Waals surface area contributed by atoms with Crippen molar-refractivity contribution in [1.29, 1.82) is 0 Å². The first-order valence-corrected chi connectivity index (χ1v) is 8.60. The number of benzene rings is 1. The van der Waals surface area contributed by atoms with Crippen LogP contribution in [-0.4, -0.2) is 35.2 Å². The predicted octanol–water partition coefficient (Wildman–Crippen LogP) is 2.50. The Kier molecular flexibility index (Phi) is 5.83. The summed E-state index contributed by atoms with van der Waals surface area (Å²) in [5, 5.41) is 6.68. The smallest absolute Gasteiger partial charge is 0.337 e. The molecule has 0 aliphatic heterocycles. The van der Waals surface area contributed by atoms with Crippen molar-refractivity contribution in [2.75, 3.05) is 7.11 Å². The summed E-state index contributed by atoms with van der Waals surface area (Å²) < 4.78 is 15.2. The zero-order chi connectivity index (χ0) is 18.4. The average Bonchev–Trinajstić information content (AvgIpc) is 3.16. The van der Waals surface area contributed by atoms with Crippen LogP contribution in [0.1, 0.15) is 59.0 Å². The van der Waals surface area contributed by atoms with Crippen LogP contribution in [0.2, 0.25) is 0 Å². The van der Waals surface area contributed by atoms with Gasteiger partial charge in [0.15, 0.2) is 6.61 Å². The SMILES string of the molecule is COC(=O)c1ccc(OCc2noc(C(=O)NC3CCCCC3)n2)cc1. The maximum Gasteiger partial charge on any atom is 0.337 e. The Morgan fingerprint density at radius 2 is 1.92 bits per heavy atom. The van der Waals surface area contributed by atoms with E-state index in [4.69, 9.17) is 9.26 Å². The second-order valence-corrected chi connectivity index (χ2v) is 6.13. The molecule has 138 valence electrons. The number of hydrogen-bond acceptors (Lipinski definition) is 7. The highest BCUT2D eigenvalue weighted by Crippen LogP contribution is 2.18. The third-order valence-electron chi connectivity index (χ3n) is 4.25. The van der Waals surface area contributed by atoms with Gasteiger partial charge in [0, 0.05) is 6.04 Å². The molecule has 0 radical (unpaired) electrons. The standard InChI is InChI=1S/C18H21N3O5/c1-24-18(23)12-7-9-14(10-8-12)25-11-15-20-17(26-21-15)16(22)19-13-5-3-2-4-6-13/h7-10,13H,2-6,11H2,1H3,(H,19,22). The summed E-state index contributed by atoms with van der Waals surface area (Å²) >= 11 is 0. The van der Waals surface area contributed by atoms with Crippen LogP contribution in [0.15, 0.2) is 28.8 Å². The minimum Gasteiger partial charge on any atom is -0.485 e. The Bertz CT molecular complexity index is 750. The Labute approximate surface area is 150 Å². The van der Waals surface area contributed by atoms with E-state index in [2.05, 4.69) is 20.2 Å². The molecular formula is C18H21N3O5. The van der Waals surface area contributed by atoms with Crippen molar-refractivity contribution in [1.82, 2.24) is 15.5 Å². The first kappa shape index (κ1) is 17.9. The molecule has 1 aromatic carbocycles. The van der Waals surface area contributed by atoms with Crippen LogP contribution in [0.5, 0.6) is 5.75 Å². The predicted molar refractivity (Wildman–Crippen MR) is 90.8 cm³/mol. The second-order valence-electron chi connectivity index (χ2n) is 6.13. The third-order valence-corrected chi connectivity index (χ3v) is 4.25. The summed E-state index contributed by atoms with van der Waals surface area (Å²) in [7, 11) is 1.32. The molecule has 1 aliphatic rings. The minimum atomic E-state index is -0.414. The number of nitrogens with one attached hydrogen (secondary N) is 1. The largest absolute Gasteiger partial charge is 0.485 e. The van der Waals surface area contributed by atoms with Crippen LogP contribution >= 0.6 is 0 Å². The van der Waals surface area contributed by atoms with E-state index >= 15 is 0 Å². The summed E-state index contributed by atoms with van der Waals surface area (Å²) in [6.07, 6.45) is 5.44. The summed E-state index contributed by atoms with van der Waals surface area (Å²) in [5.41, 5.74) is 0.432. The lowest BCUT2D eigenvalue weighted by molar-refractivity contribution is 0.0600. The average molecular weight is 359 g/mol. The second kappa shape index (κ2) is 8.46. The topological polar surface area (TPSA) is 104 Å². The molecule has 0 saturated heterocycles. The van der Waals surface area contributed by atoms with Gasteiger partial charge in [-0.3, -0.25) is 4.79 Å². The molecule has 2 aromatic rings. The molecule has 8 nitrogen and oxygen atoms in total. The molecule has 1 amide bonds. The Balaban J connectivity index is 1.51. The lowest BCUT2D eigenvalue weighted by Crippen LogP contribution is -2.36. The van der Waals surface area contributed by atoms with E-state index in [1.54, 1.807) is 24.3 Å². The van der Waals surface area contributed by atoms with Gasteiger partial charge in [0.25, 0.3) is 0 Å². The molecule has 3 rings (SSSR count). The Morgan fingerprint density at radius 3 is 2.62 bits per heavy atom. The van der Waals surface area contributed by atoms with Crippen LogP contribution in [0.25, 0.3) is 0 Å². The van der Waals surface area contributed by atoms with Gasteiger partial charge in [-0.15, -0.1) is 0 Å². The van der Waals surface area contributed by atoms with Gasteiger partial charge < -0.3 is 19.3 Å². The molecule has 1 aromatic heterocycles. The first-order valence-electron chi connectivity index (χ1n) is 8.60. The fraction of sp³-hybridized carbons (Fsp3) is 0.444. The number of carbonyl (C=O) groups is 2. The van der Waals surface area contributed by atoms with Gasteiger partial charge in [0.2, 0.25) is 5.82 Å². The number of aromatic nitrogens is 2. The van der Waals surface area contributed by atoms with E-state index in [0.29, 0.717) is 11.3 Å². The molecule has 1 saturated carbocycles. The quantitative estimate of drug-likeness (QED) is 0.790. The zero-order valence-corrected chi connectivity index (χ0v) is 14.6. The number of rotatable bonds is 6. The van der Waals surface area contributed by atoms with E-state index in [-0.39, 0.29) is 30.3 Å². The number of amides is 1. The molecule has 26 heavy (non-hydrogen) atoms. The Morgan fingerprint density at radius 1 is 1.19 bits per heavy atom. The molecule has 1 fully saturated rings. The Hall–Kier alpha value is -2.90. The van der Waals surface area contributed by atoms with Crippen LogP contribution in [0.3, 0.4) is 0 Å². The highest BCUT2D eigenvalue weighted by atomic mass is 16.5. The highest BCUT2D eigenvalue weighted by molar-refractivity contribution is 5.90. The van der Waals surface area contributed by atoms with Crippen molar-refractivity contribution < 1.29 is 23.6 Å². The lowest BCUT2D eigenvalue weighted by Gasteiger charge is -2.21. The van der Waals surface area contributed by atoms with Gasteiger partial charge in [-0.25, -0.2) is 4.79 Å². The summed E-state index contributed by atoms with van der Waals surface area (Å²) in [4.78, 5) is 27.6. The van der Waals surface area contributed by atoms with Crippen molar-refractivity contribution in [3.8, 4) is 5.75 Å². The molecule has 1 N–H and O–H groups in total. The van der Waals surface area contributed by atoms with E-state index < -0.39 is 5.97 Å². The van der Waals surface area contributed by atoms with Gasteiger partial charge in [0.05, 0.1) is 12.7 Å². The van der Waals surface area contributed by atoms with Crippen molar-refractivity contribution >= 4 is 11.9 Å². The van der Waals surface area contributed by atoms with Gasteiger partial charge in [0.1, 0.15) is 5.75 Å². The highest BCUT2D eigenvalue weighted by Gasteiger charge is 2.21. The van der Waals surface area contributed by atoms with Gasteiger partial charge in [-0.2, -0.15) is 4.98 Å². The number of ether oxygens (including phenoxy) is 2. The fourth-order valence-electron chi connectivity index (χ4n) is 2.85. The summed E-state index contributed by atoms with van der Waals surface area (Å²) in [5.74, 6) is -0.0110.